The molecular formula is C17H18OS2. The molecule has 2 aromatic carbocycles. The van der Waals surface area contributed by atoms with Crippen molar-refractivity contribution in [3.63, 3.8) is 0 Å². The van der Waals surface area contributed by atoms with Crippen molar-refractivity contribution in [3.8, 4) is 0 Å². The Bertz CT molecular complexity index is 603. The number of carbonyl (C=O) groups excluding carboxylic acids is 1. The largest absolute Gasteiger partial charge is 0.293 e. The van der Waals surface area contributed by atoms with Crippen LogP contribution in [0, 0.1) is 13.8 Å². The molecule has 0 spiro atoms. The highest BCUT2D eigenvalue weighted by atomic mass is 32.2. The van der Waals surface area contributed by atoms with Crippen molar-refractivity contribution in [3.05, 3.63) is 59.2 Å². The average molecular weight is 302 g/mol. The molecule has 3 heteroatoms. The monoisotopic (exact) mass is 302 g/mol. The number of carbonyl (C=O) groups is 1. The summed E-state index contributed by atoms with van der Waals surface area (Å²) in [5.41, 5.74) is 3.25. The minimum Gasteiger partial charge on any atom is -0.293 e. The fraction of sp³-hybridized carbons (Fsp3) is 0.235. The van der Waals surface area contributed by atoms with E-state index in [1.807, 2.05) is 30.5 Å². The van der Waals surface area contributed by atoms with Crippen molar-refractivity contribution in [2.75, 3.05) is 12.0 Å². The van der Waals surface area contributed by atoms with Gasteiger partial charge < -0.3 is 0 Å². The highest BCUT2D eigenvalue weighted by molar-refractivity contribution is 8.00. The van der Waals surface area contributed by atoms with Crippen LogP contribution in [-0.2, 0) is 0 Å². The molecule has 0 saturated carbocycles. The van der Waals surface area contributed by atoms with Crippen molar-refractivity contribution in [1.82, 2.24) is 0 Å². The maximum absolute atomic E-state index is 12.2. The first kappa shape index (κ1) is 15.2. The Morgan fingerprint density at radius 1 is 1.05 bits per heavy atom. The van der Waals surface area contributed by atoms with Gasteiger partial charge in [0.1, 0.15) is 0 Å². The van der Waals surface area contributed by atoms with Crippen molar-refractivity contribution in [2.24, 2.45) is 0 Å². The Morgan fingerprint density at radius 2 is 1.75 bits per heavy atom. The Morgan fingerprint density at radius 3 is 2.40 bits per heavy atom. The number of hydrogen-bond donors (Lipinski definition) is 0. The van der Waals surface area contributed by atoms with Crippen molar-refractivity contribution >= 4 is 29.3 Å². The summed E-state index contributed by atoms with van der Waals surface area (Å²) in [5, 5.41) is 0. The number of ketones is 1. The van der Waals surface area contributed by atoms with Crippen LogP contribution in [0.3, 0.4) is 0 Å². The van der Waals surface area contributed by atoms with Crippen LogP contribution in [0.4, 0.5) is 0 Å². The Balaban J connectivity index is 2.02. The van der Waals surface area contributed by atoms with E-state index in [1.165, 1.54) is 20.9 Å². The van der Waals surface area contributed by atoms with Gasteiger partial charge in [0, 0.05) is 15.4 Å². The molecule has 0 aliphatic rings. The lowest BCUT2D eigenvalue weighted by atomic mass is 10.1. The van der Waals surface area contributed by atoms with Crippen LogP contribution in [0.5, 0.6) is 0 Å². The lowest BCUT2D eigenvalue weighted by Crippen LogP contribution is -2.02. The molecule has 0 bridgehead atoms. The van der Waals surface area contributed by atoms with Crippen LogP contribution < -0.4 is 0 Å². The molecule has 20 heavy (non-hydrogen) atoms. The molecule has 2 aromatic rings. The van der Waals surface area contributed by atoms with Gasteiger partial charge in [0.25, 0.3) is 0 Å². The van der Waals surface area contributed by atoms with Gasteiger partial charge in [0.2, 0.25) is 0 Å². The van der Waals surface area contributed by atoms with Crippen LogP contribution in [0.25, 0.3) is 0 Å². The van der Waals surface area contributed by atoms with Gasteiger partial charge in [-0.15, -0.1) is 23.5 Å². The van der Waals surface area contributed by atoms with E-state index in [1.54, 1.807) is 23.5 Å². The molecule has 0 aromatic heterocycles. The van der Waals surface area contributed by atoms with Gasteiger partial charge in [0.05, 0.1) is 5.75 Å². The van der Waals surface area contributed by atoms with Gasteiger partial charge >= 0.3 is 0 Å². The molecule has 0 fully saturated rings. The Labute approximate surface area is 129 Å². The summed E-state index contributed by atoms with van der Waals surface area (Å²) in [6.45, 7) is 4.16. The zero-order valence-electron chi connectivity index (χ0n) is 12.0. The van der Waals surface area contributed by atoms with Gasteiger partial charge in [-0.2, -0.15) is 0 Å². The molecule has 0 N–H and O–H groups in total. The average Bonchev–Trinajstić information content (AvgIpc) is 2.48. The smallest absolute Gasteiger partial charge is 0.173 e. The van der Waals surface area contributed by atoms with Gasteiger partial charge in [-0.3, -0.25) is 4.79 Å². The molecule has 2 rings (SSSR count). The number of benzene rings is 2. The molecule has 0 saturated heterocycles. The molecular weight excluding hydrogens is 284 g/mol. The van der Waals surface area contributed by atoms with Crippen molar-refractivity contribution in [1.29, 1.82) is 0 Å². The third-order valence-corrected chi connectivity index (χ3v) is 5.02. The van der Waals surface area contributed by atoms with Crippen LogP contribution >= 0.6 is 23.5 Å². The number of thioether (sulfide) groups is 2. The van der Waals surface area contributed by atoms with Gasteiger partial charge in [0.15, 0.2) is 5.78 Å². The fourth-order valence-corrected chi connectivity index (χ4v) is 3.29. The predicted octanol–water partition coefficient (Wildman–Crippen LogP) is 5.00. The van der Waals surface area contributed by atoms with Crippen LogP contribution in [0.15, 0.2) is 52.3 Å². The van der Waals surface area contributed by atoms with Crippen LogP contribution in [-0.4, -0.2) is 17.8 Å². The fourth-order valence-electron chi connectivity index (χ4n) is 1.87. The first-order chi connectivity index (χ1) is 9.60. The van der Waals surface area contributed by atoms with Crippen LogP contribution in [0.1, 0.15) is 21.5 Å². The molecule has 0 aliphatic carbocycles. The summed E-state index contributed by atoms with van der Waals surface area (Å²) in [6, 6.07) is 14.2. The SMILES string of the molecule is CSc1ccc(C(=O)CSc2cc(C)ccc2C)cc1. The van der Waals surface area contributed by atoms with Gasteiger partial charge in [-0.25, -0.2) is 0 Å². The third-order valence-electron chi connectivity index (χ3n) is 3.11. The van der Waals surface area contributed by atoms with E-state index in [4.69, 9.17) is 0 Å². The minimum absolute atomic E-state index is 0.184. The maximum atomic E-state index is 12.2. The number of rotatable bonds is 5. The van der Waals surface area contributed by atoms with E-state index in [0.717, 1.165) is 5.56 Å². The van der Waals surface area contributed by atoms with Crippen LogP contribution in [0.2, 0.25) is 0 Å². The van der Waals surface area contributed by atoms with E-state index in [0.29, 0.717) is 5.75 Å². The van der Waals surface area contributed by atoms with Gasteiger partial charge in [-0.1, -0.05) is 29.8 Å². The molecule has 1 nitrogen and oxygen atoms in total. The predicted molar refractivity (Wildman–Crippen MR) is 89.2 cm³/mol. The number of Topliss-reactive ketones (excluding diaryl/α,β-unsaturated/α-hetero) is 1. The summed E-state index contributed by atoms with van der Waals surface area (Å²) >= 11 is 3.31. The summed E-state index contributed by atoms with van der Waals surface area (Å²) in [5.74, 6) is 0.673. The van der Waals surface area contributed by atoms with Crippen molar-refractivity contribution < 1.29 is 4.79 Å². The molecule has 0 aliphatic heterocycles. The summed E-state index contributed by atoms with van der Waals surface area (Å²) in [4.78, 5) is 14.6. The highest BCUT2D eigenvalue weighted by Gasteiger charge is 2.08. The second kappa shape index (κ2) is 7.00. The first-order valence-corrected chi connectivity index (χ1v) is 8.68. The normalized spacial score (nSPS) is 10.6. The molecule has 0 heterocycles. The third kappa shape index (κ3) is 3.90. The van der Waals surface area contributed by atoms with E-state index >= 15 is 0 Å². The number of aryl methyl sites for hydroxylation is 2. The molecule has 104 valence electrons. The van der Waals surface area contributed by atoms with E-state index in [9.17, 15) is 4.79 Å². The summed E-state index contributed by atoms with van der Waals surface area (Å²) in [7, 11) is 0. The van der Waals surface area contributed by atoms with E-state index < -0.39 is 0 Å². The highest BCUT2D eigenvalue weighted by Crippen LogP contribution is 2.24. The quantitative estimate of drug-likeness (QED) is 0.571. The summed E-state index contributed by atoms with van der Waals surface area (Å²) < 4.78 is 0. The maximum Gasteiger partial charge on any atom is 0.173 e. The molecule has 0 radical (unpaired) electrons. The molecule has 0 amide bonds. The zero-order chi connectivity index (χ0) is 14.5. The van der Waals surface area contributed by atoms with Gasteiger partial charge in [-0.05, 0) is 43.9 Å². The van der Waals surface area contributed by atoms with E-state index in [-0.39, 0.29) is 5.78 Å². The van der Waals surface area contributed by atoms with Crippen molar-refractivity contribution in [2.45, 2.75) is 23.6 Å². The van der Waals surface area contributed by atoms with E-state index in [2.05, 4.69) is 32.0 Å². The number of hydrogen-bond acceptors (Lipinski definition) is 3. The molecule has 0 unspecified atom stereocenters. The second-order valence-corrected chi connectivity index (χ2v) is 6.61. The lowest BCUT2D eigenvalue weighted by Gasteiger charge is -2.06. The topological polar surface area (TPSA) is 17.1 Å². The minimum atomic E-state index is 0.184. The lowest BCUT2D eigenvalue weighted by molar-refractivity contribution is 0.102. The second-order valence-electron chi connectivity index (χ2n) is 4.71. The standard InChI is InChI=1S/C17H18OS2/c1-12-4-5-13(2)17(10-12)20-11-16(18)14-6-8-15(19-3)9-7-14/h4-10H,11H2,1-3H3. The molecule has 0 atom stereocenters. The first-order valence-electron chi connectivity index (χ1n) is 6.47. The Hall–Kier alpha value is -1.19. The zero-order valence-corrected chi connectivity index (χ0v) is 13.6. The summed E-state index contributed by atoms with van der Waals surface area (Å²) in [6.07, 6.45) is 2.03. The Kier molecular flexibility index (Phi) is 5.32.